The predicted octanol–water partition coefficient (Wildman–Crippen LogP) is 0.519. The lowest BCUT2D eigenvalue weighted by Crippen LogP contribution is -2.40. The second-order valence-corrected chi connectivity index (χ2v) is 8.13. The van der Waals surface area contributed by atoms with Crippen LogP contribution in [0, 0.1) is 5.41 Å². The highest BCUT2D eigenvalue weighted by Gasteiger charge is 2.57. The molecule has 142 valence electrons. The molecule has 1 aliphatic carbocycles. The lowest BCUT2D eigenvalue weighted by atomic mass is 10.1. The Balaban J connectivity index is 1.89. The van der Waals surface area contributed by atoms with Crippen LogP contribution in [0.5, 0.6) is 5.75 Å². The topological polar surface area (TPSA) is 122 Å². The van der Waals surface area contributed by atoms with Crippen LogP contribution < -0.4 is 10.1 Å². The first-order valence-electron chi connectivity index (χ1n) is 8.12. The third kappa shape index (κ3) is 3.27. The summed E-state index contributed by atoms with van der Waals surface area (Å²) in [6.07, 6.45) is 0.534. The monoisotopic (exact) mass is 384 g/mol. The number of hydrogen-bond acceptors (Lipinski definition) is 6. The Morgan fingerprint density at radius 3 is 2.46 bits per heavy atom. The van der Waals surface area contributed by atoms with Crippen LogP contribution in [0.4, 0.5) is 5.69 Å². The first-order valence-corrected chi connectivity index (χ1v) is 9.56. The zero-order valence-corrected chi connectivity index (χ0v) is 15.0. The highest BCUT2D eigenvalue weighted by molar-refractivity contribution is 7.89. The fourth-order valence-corrected chi connectivity index (χ4v) is 4.39. The van der Waals surface area contributed by atoms with E-state index in [-0.39, 0.29) is 42.3 Å². The molecule has 0 atom stereocenters. The van der Waals surface area contributed by atoms with Crippen molar-refractivity contribution in [2.24, 2.45) is 5.41 Å². The summed E-state index contributed by atoms with van der Waals surface area (Å²) in [4.78, 5) is 23.4. The van der Waals surface area contributed by atoms with Crippen LogP contribution in [-0.4, -0.2) is 63.1 Å². The summed E-state index contributed by atoms with van der Waals surface area (Å²) in [5.41, 5.74) is -1.21. The number of sulfonamides is 1. The van der Waals surface area contributed by atoms with Gasteiger partial charge in [0.25, 0.3) is 0 Å². The second-order valence-electron chi connectivity index (χ2n) is 6.22. The van der Waals surface area contributed by atoms with Gasteiger partial charge < -0.3 is 19.9 Å². The number of nitrogens with zero attached hydrogens (tertiary/aromatic N) is 1. The van der Waals surface area contributed by atoms with Crippen molar-refractivity contribution in [3.63, 3.8) is 0 Å². The number of ether oxygens (including phenoxy) is 2. The van der Waals surface area contributed by atoms with E-state index in [0.717, 1.165) is 0 Å². The molecule has 2 aliphatic rings. The Labute approximate surface area is 150 Å². The number of carbonyl (C=O) groups excluding carboxylic acids is 1. The average molecular weight is 384 g/mol. The van der Waals surface area contributed by atoms with Crippen molar-refractivity contribution < 1.29 is 32.6 Å². The molecule has 1 saturated carbocycles. The largest absolute Gasteiger partial charge is 0.495 e. The SMILES string of the molecule is COc1ccc(NC(=O)C2(C(=O)O)CC2)cc1S(=O)(=O)N1CCOCC1. The van der Waals surface area contributed by atoms with Gasteiger partial charge >= 0.3 is 5.97 Å². The summed E-state index contributed by atoms with van der Waals surface area (Å²) in [5.74, 6) is -1.68. The number of morpholine rings is 1. The highest BCUT2D eigenvalue weighted by Crippen LogP contribution is 2.47. The number of aliphatic carboxylic acids is 1. The zero-order chi connectivity index (χ0) is 18.9. The van der Waals surface area contributed by atoms with Crippen molar-refractivity contribution in [2.45, 2.75) is 17.7 Å². The summed E-state index contributed by atoms with van der Waals surface area (Å²) < 4.78 is 37.4. The molecule has 2 N–H and O–H groups in total. The number of anilines is 1. The van der Waals surface area contributed by atoms with Gasteiger partial charge in [-0.25, -0.2) is 8.42 Å². The summed E-state index contributed by atoms with van der Waals surface area (Å²) in [6, 6.07) is 4.20. The van der Waals surface area contributed by atoms with Gasteiger partial charge in [-0.05, 0) is 31.0 Å². The van der Waals surface area contributed by atoms with E-state index in [0.29, 0.717) is 13.2 Å². The van der Waals surface area contributed by atoms with Gasteiger partial charge in [0.2, 0.25) is 15.9 Å². The third-order valence-corrected chi connectivity index (χ3v) is 6.52. The molecule has 1 saturated heterocycles. The Hall–Kier alpha value is -2.17. The molecular weight excluding hydrogens is 364 g/mol. The van der Waals surface area contributed by atoms with Crippen molar-refractivity contribution in [3.8, 4) is 5.75 Å². The molecule has 3 rings (SSSR count). The van der Waals surface area contributed by atoms with E-state index in [4.69, 9.17) is 9.47 Å². The Bertz CT molecular complexity index is 827. The molecule has 9 nitrogen and oxygen atoms in total. The number of carboxylic acids is 1. The first-order chi connectivity index (χ1) is 12.3. The fraction of sp³-hybridized carbons (Fsp3) is 0.500. The molecule has 0 bridgehead atoms. The second kappa shape index (κ2) is 6.86. The van der Waals surface area contributed by atoms with Gasteiger partial charge in [-0.2, -0.15) is 4.31 Å². The number of nitrogens with one attached hydrogen (secondary N) is 1. The van der Waals surface area contributed by atoms with Crippen LogP contribution in [0.3, 0.4) is 0 Å². The molecule has 1 amide bonds. The summed E-state index contributed by atoms with van der Waals surface area (Å²) in [6.45, 7) is 1.06. The Kier molecular flexibility index (Phi) is 4.91. The van der Waals surface area contributed by atoms with Gasteiger partial charge in [-0.3, -0.25) is 9.59 Å². The predicted molar refractivity (Wildman–Crippen MR) is 90.5 cm³/mol. The van der Waals surface area contributed by atoms with Crippen LogP contribution in [0.2, 0.25) is 0 Å². The van der Waals surface area contributed by atoms with Gasteiger partial charge in [-0.15, -0.1) is 0 Å². The molecule has 2 fully saturated rings. The van der Waals surface area contributed by atoms with E-state index in [9.17, 15) is 23.1 Å². The summed E-state index contributed by atoms with van der Waals surface area (Å²) in [7, 11) is -2.48. The zero-order valence-electron chi connectivity index (χ0n) is 14.2. The number of hydrogen-bond donors (Lipinski definition) is 2. The van der Waals surface area contributed by atoms with Crippen molar-refractivity contribution in [1.82, 2.24) is 4.31 Å². The molecule has 10 heteroatoms. The standard InChI is InChI=1S/C16H20N2O7S/c1-24-12-3-2-11(17-14(19)16(4-5-16)15(20)21)10-13(12)26(22,23)18-6-8-25-9-7-18/h2-3,10H,4-9H2,1H3,(H,17,19)(H,20,21). The summed E-state index contributed by atoms with van der Waals surface area (Å²) in [5, 5.41) is 11.7. The minimum absolute atomic E-state index is 0.0835. The number of benzene rings is 1. The van der Waals surface area contributed by atoms with Crippen LogP contribution in [0.15, 0.2) is 23.1 Å². The van der Waals surface area contributed by atoms with E-state index in [1.165, 1.54) is 29.6 Å². The van der Waals surface area contributed by atoms with Gasteiger partial charge in [0.15, 0.2) is 0 Å². The van der Waals surface area contributed by atoms with Gasteiger partial charge in [0.05, 0.1) is 20.3 Å². The van der Waals surface area contributed by atoms with Crippen molar-refractivity contribution in [2.75, 3.05) is 38.7 Å². The lowest BCUT2D eigenvalue weighted by Gasteiger charge is -2.27. The van der Waals surface area contributed by atoms with Gasteiger partial charge in [0, 0.05) is 18.8 Å². The maximum absolute atomic E-state index is 12.9. The molecule has 1 aromatic rings. The minimum Gasteiger partial charge on any atom is -0.495 e. The van der Waals surface area contributed by atoms with Crippen LogP contribution in [0.25, 0.3) is 0 Å². The maximum Gasteiger partial charge on any atom is 0.319 e. The first kappa shape index (κ1) is 18.6. The molecule has 0 spiro atoms. The van der Waals surface area contributed by atoms with E-state index < -0.39 is 27.3 Å². The van der Waals surface area contributed by atoms with Crippen molar-refractivity contribution in [1.29, 1.82) is 0 Å². The Morgan fingerprint density at radius 2 is 1.92 bits per heavy atom. The van der Waals surface area contributed by atoms with Gasteiger partial charge in [0.1, 0.15) is 16.1 Å². The molecule has 1 aliphatic heterocycles. The summed E-state index contributed by atoms with van der Waals surface area (Å²) >= 11 is 0. The minimum atomic E-state index is -3.84. The molecule has 1 heterocycles. The molecule has 0 unspecified atom stereocenters. The quantitative estimate of drug-likeness (QED) is 0.686. The number of methoxy groups -OCH3 is 1. The lowest BCUT2D eigenvalue weighted by molar-refractivity contribution is -0.147. The van der Waals surface area contributed by atoms with Crippen molar-refractivity contribution in [3.05, 3.63) is 18.2 Å². The highest BCUT2D eigenvalue weighted by atomic mass is 32.2. The van der Waals surface area contributed by atoms with E-state index >= 15 is 0 Å². The van der Waals surface area contributed by atoms with E-state index in [1.54, 1.807) is 0 Å². The third-order valence-electron chi connectivity index (χ3n) is 4.60. The molecule has 26 heavy (non-hydrogen) atoms. The van der Waals surface area contributed by atoms with E-state index in [2.05, 4.69) is 5.32 Å². The van der Waals surface area contributed by atoms with Crippen LogP contribution in [-0.2, 0) is 24.3 Å². The number of amides is 1. The number of rotatable bonds is 6. The average Bonchev–Trinajstić information content (AvgIpc) is 3.44. The van der Waals surface area contributed by atoms with Crippen molar-refractivity contribution >= 4 is 27.6 Å². The molecular formula is C16H20N2O7S. The Morgan fingerprint density at radius 1 is 1.27 bits per heavy atom. The van der Waals surface area contributed by atoms with E-state index in [1.807, 2.05) is 0 Å². The fourth-order valence-electron chi connectivity index (χ4n) is 2.80. The molecule has 0 radical (unpaired) electrons. The van der Waals surface area contributed by atoms with Crippen LogP contribution >= 0.6 is 0 Å². The maximum atomic E-state index is 12.9. The molecule has 1 aromatic carbocycles. The normalized spacial score (nSPS) is 19.6. The smallest absolute Gasteiger partial charge is 0.319 e. The number of carbonyl (C=O) groups is 2. The van der Waals surface area contributed by atoms with Crippen LogP contribution in [0.1, 0.15) is 12.8 Å². The number of carboxylic acid groups (broad SMARTS) is 1. The van der Waals surface area contributed by atoms with Gasteiger partial charge in [-0.1, -0.05) is 0 Å². The molecule has 0 aromatic heterocycles.